The molecule has 0 bridgehead atoms. The molecule has 1 aromatic heterocycles. The zero-order valence-electron chi connectivity index (χ0n) is 32.0. The van der Waals surface area contributed by atoms with Gasteiger partial charge in [-0.1, -0.05) is 86.5 Å². The summed E-state index contributed by atoms with van der Waals surface area (Å²) in [4.78, 5) is 20.7. The number of nitrogens with zero attached hydrogens (tertiary/aromatic N) is 3. The third-order valence-electron chi connectivity index (χ3n) is 10.4. The predicted molar refractivity (Wildman–Crippen MR) is 238 cm³/mol. The minimum Gasteiger partial charge on any atom is -0.496 e. The Morgan fingerprint density at radius 2 is 1.30 bits per heavy atom. The number of amides is 1. The number of aromatic nitrogens is 2. The molecule has 12 heteroatoms. The Morgan fingerprint density at radius 3 is 1.96 bits per heavy atom. The number of methoxy groups -OCH3 is 3. The summed E-state index contributed by atoms with van der Waals surface area (Å²) in [5.74, 6) is 5.01. The molecule has 294 valence electrons. The van der Waals surface area contributed by atoms with Crippen molar-refractivity contribution in [1.82, 2.24) is 14.9 Å². The molecule has 6 aromatic rings. The standard InChI is InChI=1S/C17H16Br2N2O.C17H15BrN2O.C11H13NO2/c1-22-16-5-3-2-4-12(16)14-8-9-17(20-14)21-15-7-6-11(18)10-13(15)19;1-21-16-5-3-2-4-12(16)14-8-9-17-19-13-7-6-11(18)10-15(13)20(14)17;1-14-10-5-3-2-4-8(10)9-6-7-11(13)12-9/h2-7,10,14H,8-9H2,1H3,(H,20,21);2-7,10,14H,8-9H2,1H3;2-5,9H,6-7H2,1H3,(H,12,13). The van der Waals surface area contributed by atoms with Crippen molar-refractivity contribution in [1.29, 1.82) is 0 Å². The quantitative estimate of drug-likeness (QED) is 0.165. The van der Waals surface area contributed by atoms with E-state index < -0.39 is 0 Å². The molecule has 1 amide bonds. The number of fused-ring (bicyclic) bond motifs is 3. The van der Waals surface area contributed by atoms with Crippen molar-refractivity contribution >= 4 is 76.3 Å². The van der Waals surface area contributed by atoms with Crippen LogP contribution in [0.2, 0.25) is 0 Å². The van der Waals surface area contributed by atoms with Gasteiger partial charge in [0.05, 0.1) is 56.2 Å². The highest BCUT2D eigenvalue weighted by Crippen LogP contribution is 2.40. The Hall–Kier alpha value is -4.65. The van der Waals surface area contributed by atoms with Crippen LogP contribution in [0.1, 0.15) is 72.7 Å². The van der Waals surface area contributed by atoms with Crippen molar-refractivity contribution in [3.05, 3.63) is 145 Å². The summed E-state index contributed by atoms with van der Waals surface area (Å²) >= 11 is 10.6. The maximum absolute atomic E-state index is 11.1. The maximum atomic E-state index is 11.1. The number of imidazole rings is 1. The molecule has 1 fully saturated rings. The van der Waals surface area contributed by atoms with Gasteiger partial charge in [0.2, 0.25) is 5.91 Å². The first-order valence-corrected chi connectivity index (χ1v) is 21.3. The van der Waals surface area contributed by atoms with Crippen LogP contribution < -0.4 is 24.8 Å². The zero-order chi connectivity index (χ0) is 39.9. The molecule has 0 aliphatic carbocycles. The molecule has 4 heterocycles. The Kier molecular flexibility index (Phi) is 13.3. The van der Waals surface area contributed by atoms with Gasteiger partial charge in [-0.05, 0) is 89.8 Å². The monoisotopic (exact) mass is 955 g/mol. The van der Waals surface area contributed by atoms with E-state index in [4.69, 9.17) is 24.2 Å². The summed E-state index contributed by atoms with van der Waals surface area (Å²) in [6.07, 6.45) is 5.49. The van der Waals surface area contributed by atoms with Crippen molar-refractivity contribution in [3.8, 4) is 17.2 Å². The maximum Gasteiger partial charge on any atom is 0.220 e. The summed E-state index contributed by atoms with van der Waals surface area (Å²) < 4.78 is 21.7. The van der Waals surface area contributed by atoms with Crippen LogP contribution in [0.25, 0.3) is 11.0 Å². The van der Waals surface area contributed by atoms with Crippen molar-refractivity contribution in [3.63, 3.8) is 0 Å². The lowest BCUT2D eigenvalue weighted by molar-refractivity contribution is -0.119. The van der Waals surface area contributed by atoms with Gasteiger partial charge in [0.25, 0.3) is 0 Å². The molecule has 57 heavy (non-hydrogen) atoms. The van der Waals surface area contributed by atoms with Gasteiger partial charge in [-0.3, -0.25) is 9.79 Å². The molecule has 0 saturated carbocycles. The molecule has 3 aliphatic rings. The SMILES string of the molecule is COc1ccccc1C1CCC(=O)N1.COc1ccccc1C1CCC(Nc2ccc(Br)cc2Br)=N1.COc1ccccc1C1CCc2nc3ccc(Br)cc3n21. The summed E-state index contributed by atoms with van der Waals surface area (Å²) in [5.41, 5.74) is 6.73. The topological polar surface area (TPSA) is 99.0 Å². The predicted octanol–water partition coefficient (Wildman–Crippen LogP) is 11.6. The third-order valence-corrected chi connectivity index (χ3v) is 12.0. The number of para-hydroxylation sites is 3. The van der Waals surface area contributed by atoms with E-state index in [2.05, 4.69) is 93.3 Å². The normalized spacial score (nSPS) is 18.0. The van der Waals surface area contributed by atoms with E-state index >= 15 is 0 Å². The molecule has 9 nitrogen and oxygen atoms in total. The van der Waals surface area contributed by atoms with E-state index in [1.807, 2.05) is 78.9 Å². The Morgan fingerprint density at radius 1 is 0.684 bits per heavy atom. The van der Waals surface area contributed by atoms with Gasteiger partial charge < -0.3 is 29.4 Å². The summed E-state index contributed by atoms with van der Waals surface area (Å²) in [6.45, 7) is 0. The van der Waals surface area contributed by atoms with Crippen LogP contribution in [0, 0.1) is 0 Å². The fraction of sp³-hybridized carbons (Fsp3) is 0.267. The van der Waals surface area contributed by atoms with Gasteiger partial charge in [-0.15, -0.1) is 0 Å². The number of aliphatic imine (C=N–C) groups is 1. The first kappa shape index (κ1) is 40.5. The number of nitrogens with one attached hydrogen (secondary N) is 2. The van der Waals surface area contributed by atoms with E-state index in [9.17, 15) is 4.79 Å². The fourth-order valence-electron chi connectivity index (χ4n) is 7.67. The van der Waals surface area contributed by atoms with Crippen molar-refractivity contribution < 1.29 is 19.0 Å². The van der Waals surface area contributed by atoms with E-state index in [1.165, 1.54) is 16.9 Å². The molecular weight excluding hydrogens is 914 g/mol. The Bertz CT molecular complexity index is 2400. The van der Waals surface area contributed by atoms with Crippen LogP contribution in [0.3, 0.4) is 0 Å². The summed E-state index contributed by atoms with van der Waals surface area (Å²) in [6, 6.07) is 37.1. The van der Waals surface area contributed by atoms with Crippen LogP contribution in [-0.4, -0.2) is 42.6 Å². The number of ether oxygens (including phenoxy) is 3. The van der Waals surface area contributed by atoms with Gasteiger partial charge in [0.1, 0.15) is 28.9 Å². The molecule has 0 spiro atoms. The molecule has 9 rings (SSSR count). The second kappa shape index (κ2) is 18.7. The number of hydrogen-bond donors (Lipinski definition) is 2. The number of rotatable bonds is 7. The molecular formula is C45H44Br3N5O4. The van der Waals surface area contributed by atoms with E-state index in [1.54, 1.807) is 21.3 Å². The van der Waals surface area contributed by atoms with Crippen LogP contribution in [0.5, 0.6) is 17.2 Å². The lowest BCUT2D eigenvalue weighted by Crippen LogP contribution is -2.18. The largest absolute Gasteiger partial charge is 0.496 e. The zero-order valence-corrected chi connectivity index (χ0v) is 36.7. The Balaban J connectivity index is 0.000000134. The average Bonchev–Trinajstić information content (AvgIpc) is 4.05. The molecule has 3 atom stereocenters. The molecule has 1 saturated heterocycles. The smallest absolute Gasteiger partial charge is 0.220 e. The summed E-state index contributed by atoms with van der Waals surface area (Å²) in [7, 11) is 5.09. The minimum atomic E-state index is 0.124. The summed E-state index contributed by atoms with van der Waals surface area (Å²) in [5, 5.41) is 6.34. The van der Waals surface area contributed by atoms with E-state index in [-0.39, 0.29) is 18.0 Å². The molecule has 2 N–H and O–H groups in total. The number of amidine groups is 1. The number of carbonyl (C=O) groups excluding carboxylic acids is 1. The first-order chi connectivity index (χ1) is 27.8. The number of halogens is 3. The second-order valence-corrected chi connectivity index (χ2v) is 16.5. The fourth-order valence-corrected chi connectivity index (χ4v) is 9.17. The lowest BCUT2D eigenvalue weighted by Gasteiger charge is -2.18. The number of hydrogen-bond acceptors (Lipinski definition) is 7. The average molecular weight is 959 g/mol. The van der Waals surface area contributed by atoms with Crippen LogP contribution in [-0.2, 0) is 11.2 Å². The minimum absolute atomic E-state index is 0.124. The van der Waals surface area contributed by atoms with Crippen molar-refractivity contribution in [2.45, 2.75) is 56.7 Å². The van der Waals surface area contributed by atoms with E-state index in [0.717, 1.165) is 90.9 Å². The number of anilines is 1. The van der Waals surface area contributed by atoms with Crippen LogP contribution >= 0.6 is 47.8 Å². The second-order valence-electron chi connectivity index (χ2n) is 13.8. The van der Waals surface area contributed by atoms with Crippen molar-refractivity contribution in [2.24, 2.45) is 4.99 Å². The highest BCUT2D eigenvalue weighted by molar-refractivity contribution is 9.11. The molecule has 3 unspecified atom stereocenters. The van der Waals surface area contributed by atoms with Crippen molar-refractivity contribution in [2.75, 3.05) is 26.6 Å². The van der Waals surface area contributed by atoms with Gasteiger partial charge in [-0.2, -0.15) is 0 Å². The molecule has 5 aromatic carbocycles. The molecule has 3 aliphatic heterocycles. The highest BCUT2D eigenvalue weighted by Gasteiger charge is 2.29. The lowest BCUT2D eigenvalue weighted by atomic mass is 10.0. The van der Waals surface area contributed by atoms with E-state index in [0.29, 0.717) is 12.5 Å². The third kappa shape index (κ3) is 9.40. The van der Waals surface area contributed by atoms with Gasteiger partial charge in [-0.25, -0.2) is 4.98 Å². The van der Waals surface area contributed by atoms with Gasteiger partial charge in [0, 0.05) is 49.4 Å². The first-order valence-electron chi connectivity index (χ1n) is 18.9. The number of benzene rings is 5. The number of carbonyl (C=O) groups is 1. The van der Waals surface area contributed by atoms with Crippen LogP contribution in [0.4, 0.5) is 5.69 Å². The van der Waals surface area contributed by atoms with Crippen LogP contribution in [0.15, 0.2) is 128 Å². The molecule has 0 radical (unpaired) electrons. The Labute approximate surface area is 358 Å². The van der Waals surface area contributed by atoms with Gasteiger partial charge >= 0.3 is 0 Å². The van der Waals surface area contributed by atoms with Gasteiger partial charge in [0.15, 0.2) is 0 Å². The highest BCUT2D eigenvalue weighted by atomic mass is 79.9. The number of aryl methyl sites for hydroxylation is 1.